The smallest absolute Gasteiger partial charge is 0.168 e. The predicted octanol–water partition coefficient (Wildman–Crippen LogP) is 3.51. The minimum Gasteiger partial charge on any atom is -0.508 e. The first-order valence-corrected chi connectivity index (χ1v) is 5.93. The van der Waals surface area contributed by atoms with E-state index in [0.29, 0.717) is 11.5 Å². The fraction of sp³-hybridized carbons (Fsp3) is 0.125. The van der Waals surface area contributed by atoms with E-state index >= 15 is 0 Å². The van der Waals surface area contributed by atoms with Crippen molar-refractivity contribution in [3.05, 3.63) is 65.7 Å². The molecule has 0 aliphatic heterocycles. The molecule has 3 nitrogen and oxygen atoms in total. The monoisotopic (exact) mass is 256 g/mol. The molecule has 2 aromatic carbocycles. The van der Waals surface area contributed by atoms with Gasteiger partial charge in [0.05, 0.1) is 14.2 Å². The molecule has 0 amide bonds. The van der Waals surface area contributed by atoms with Gasteiger partial charge in [-0.15, -0.1) is 0 Å². The highest BCUT2D eigenvalue weighted by Gasteiger charge is 2.12. The lowest BCUT2D eigenvalue weighted by Crippen LogP contribution is -1.96. The van der Waals surface area contributed by atoms with Crippen LogP contribution in [0.3, 0.4) is 0 Å². The number of phenols is 1. The van der Waals surface area contributed by atoms with Crippen molar-refractivity contribution in [1.82, 2.24) is 0 Å². The molecule has 0 saturated carbocycles. The molecule has 0 spiro atoms. The van der Waals surface area contributed by atoms with Crippen molar-refractivity contribution < 1.29 is 14.6 Å². The minimum absolute atomic E-state index is 0.220. The van der Waals surface area contributed by atoms with Crippen molar-refractivity contribution in [2.24, 2.45) is 0 Å². The Morgan fingerprint density at radius 1 is 0.737 bits per heavy atom. The molecule has 2 rings (SSSR count). The van der Waals surface area contributed by atoms with Crippen LogP contribution in [0.15, 0.2) is 54.6 Å². The van der Waals surface area contributed by atoms with E-state index in [9.17, 15) is 5.11 Å². The lowest BCUT2D eigenvalue weighted by molar-refractivity contribution is 0.328. The molecule has 0 fully saturated rings. The Labute approximate surface area is 112 Å². The number of hydrogen-bond donors (Lipinski definition) is 1. The van der Waals surface area contributed by atoms with E-state index in [4.69, 9.17) is 9.47 Å². The molecule has 0 heterocycles. The summed E-state index contributed by atoms with van der Waals surface area (Å²) in [6.45, 7) is 0. The molecule has 0 unspecified atom stereocenters. The van der Waals surface area contributed by atoms with E-state index in [2.05, 4.69) is 0 Å². The molecule has 3 heteroatoms. The summed E-state index contributed by atoms with van der Waals surface area (Å²) in [7, 11) is 3.21. The maximum atomic E-state index is 9.34. The second-order valence-corrected chi connectivity index (χ2v) is 3.98. The zero-order chi connectivity index (χ0) is 13.7. The zero-order valence-electron chi connectivity index (χ0n) is 11.0. The second-order valence-electron chi connectivity index (χ2n) is 3.98. The highest BCUT2D eigenvalue weighted by Crippen LogP contribution is 2.28. The Morgan fingerprint density at radius 2 is 1.21 bits per heavy atom. The van der Waals surface area contributed by atoms with Crippen LogP contribution in [-0.2, 0) is 9.47 Å². The van der Waals surface area contributed by atoms with Gasteiger partial charge in [0.1, 0.15) is 5.75 Å². The Balaban J connectivity index is 2.53. The van der Waals surface area contributed by atoms with Crippen LogP contribution in [0.25, 0.3) is 11.5 Å². The van der Waals surface area contributed by atoms with Crippen LogP contribution in [0.2, 0.25) is 0 Å². The van der Waals surface area contributed by atoms with Gasteiger partial charge in [-0.3, -0.25) is 0 Å². The number of rotatable bonds is 4. The third-order valence-corrected chi connectivity index (χ3v) is 2.78. The van der Waals surface area contributed by atoms with Crippen molar-refractivity contribution in [1.29, 1.82) is 0 Å². The molecule has 1 N–H and O–H groups in total. The SMILES string of the molecule is COC(=C(OC)c1ccc(O)cc1)c1ccccc1. The maximum Gasteiger partial charge on any atom is 0.168 e. The predicted molar refractivity (Wildman–Crippen MR) is 75.4 cm³/mol. The Bertz CT molecular complexity index is 556. The highest BCUT2D eigenvalue weighted by molar-refractivity contribution is 5.84. The van der Waals surface area contributed by atoms with Gasteiger partial charge in [0.2, 0.25) is 0 Å². The maximum absolute atomic E-state index is 9.34. The van der Waals surface area contributed by atoms with Gasteiger partial charge >= 0.3 is 0 Å². The second kappa shape index (κ2) is 5.96. The summed E-state index contributed by atoms with van der Waals surface area (Å²) < 4.78 is 10.9. The summed E-state index contributed by atoms with van der Waals surface area (Å²) in [6, 6.07) is 16.6. The number of ether oxygens (including phenoxy) is 2. The van der Waals surface area contributed by atoms with Crippen molar-refractivity contribution in [3.8, 4) is 5.75 Å². The third-order valence-electron chi connectivity index (χ3n) is 2.78. The Hall–Kier alpha value is -2.42. The summed E-state index contributed by atoms with van der Waals surface area (Å²) in [4.78, 5) is 0. The fourth-order valence-corrected chi connectivity index (χ4v) is 1.89. The number of aromatic hydroxyl groups is 1. The van der Waals surface area contributed by atoms with Crippen LogP contribution >= 0.6 is 0 Å². The summed E-state index contributed by atoms with van der Waals surface area (Å²) in [5.74, 6) is 1.51. The molecule has 98 valence electrons. The largest absolute Gasteiger partial charge is 0.508 e. The van der Waals surface area contributed by atoms with Gasteiger partial charge in [-0.2, -0.15) is 0 Å². The molecule has 0 aliphatic carbocycles. The number of methoxy groups -OCH3 is 2. The van der Waals surface area contributed by atoms with Gasteiger partial charge in [0.15, 0.2) is 11.5 Å². The third kappa shape index (κ3) is 2.88. The quantitative estimate of drug-likeness (QED) is 0.672. The molecule has 0 radical (unpaired) electrons. The van der Waals surface area contributed by atoms with Gasteiger partial charge < -0.3 is 14.6 Å². The van der Waals surface area contributed by atoms with Gasteiger partial charge in [-0.1, -0.05) is 30.3 Å². The summed E-state index contributed by atoms with van der Waals surface area (Å²) in [6.07, 6.45) is 0. The highest BCUT2D eigenvalue weighted by atomic mass is 16.5. The normalized spacial score (nSPS) is 11.7. The molecule has 19 heavy (non-hydrogen) atoms. The summed E-state index contributed by atoms with van der Waals surface area (Å²) in [5.41, 5.74) is 1.79. The molecular formula is C16H16O3. The van der Waals surface area contributed by atoms with E-state index in [0.717, 1.165) is 11.1 Å². The average Bonchev–Trinajstić information content (AvgIpc) is 2.47. The zero-order valence-corrected chi connectivity index (χ0v) is 11.0. The Morgan fingerprint density at radius 3 is 1.68 bits per heavy atom. The minimum atomic E-state index is 0.220. The lowest BCUT2D eigenvalue weighted by Gasteiger charge is -2.13. The molecule has 0 aromatic heterocycles. The van der Waals surface area contributed by atoms with Gasteiger partial charge in [-0.25, -0.2) is 0 Å². The number of benzene rings is 2. The molecule has 0 aliphatic rings. The molecular weight excluding hydrogens is 240 g/mol. The van der Waals surface area contributed by atoms with Gasteiger partial charge in [0, 0.05) is 11.1 Å². The topological polar surface area (TPSA) is 38.7 Å². The van der Waals surface area contributed by atoms with Crippen LogP contribution in [0.1, 0.15) is 11.1 Å². The van der Waals surface area contributed by atoms with Crippen molar-refractivity contribution in [2.45, 2.75) is 0 Å². The van der Waals surface area contributed by atoms with Crippen LogP contribution in [-0.4, -0.2) is 19.3 Å². The molecule has 2 aromatic rings. The summed E-state index contributed by atoms with van der Waals surface area (Å²) >= 11 is 0. The van der Waals surface area contributed by atoms with Crippen LogP contribution < -0.4 is 0 Å². The molecule has 0 saturated heterocycles. The molecule has 0 bridgehead atoms. The standard InChI is InChI=1S/C16H16O3/c1-18-15(12-6-4-3-5-7-12)16(19-2)13-8-10-14(17)11-9-13/h3-11,17H,1-2H3. The van der Waals surface area contributed by atoms with Crippen LogP contribution in [0.5, 0.6) is 5.75 Å². The van der Waals surface area contributed by atoms with E-state index in [-0.39, 0.29) is 5.75 Å². The number of hydrogen-bond acceptors (Lipinski definition) is 3. The first-order chi connectivity index (χ1) is 9.26. The molecule has 0 atom stereocenters. The first kappa shape index (κ1) is 13.0. The van der Waals surface area contributed by atoms with E-state index in [1.165, 1.54) is 0 Å². The average molecular weight is 256 g/mol. The van der Waals surface area contributed by atoms with Crippen LogP contribution in [0.4, 0.5) is 0 Å². The lowest BCUT2D eigenvalue weighted by atomic mass is 10.1. The summed E-state index contributed by atoms with van der Waals surface area (Å²) in [5, 5.41) is 9.34. The van der Waals surface area contributed by atoms with E-state index in [1.807, 2.05) is 30.3 Å². The Kier molecular flexibility index (Phi) is 4.08. The van der Waals surface area contributed by atoms with Crippen molar-refractivity contribution in [2.75, 3.05) is 14.2 Å². The van der Waals surface area contributed by atoms with Crippen molar-refractivity contribution in [3.63, 3.8) is 0 Å². The van der Waals surface area contributed by atoms with E-state index in [1.54, 1.807) is 38.5 Å². The van der Waals surface area contributed by atoms with Crippen molar-refractivity contribution >= 4 is 11.5 Å². The fourth-order valence-electron chi connectivity index (χ4n) is 1.89. The van der Waals surface area contributed by atoms with Gasteiger partial charge in [0.25, 0.3) is 0 Å². The van der Waals surface area contributed by atoms with Gasteiger partial charge in [-0.05, 0) is 24.3 Å². The number of phenolic OH excluding ortho intramolecular Hbond substituents is 1. The van der Waals surface area contributed by atoms with E-state index < -0.39 is 0 Å². The first-order valence-electron chi connectivity index (χ1n) is 5.93. The van der Waals surface area contributed by atoms with Crippen LogP contribution in [0, 0.1) is 0 Å².